The topological polar surface area (TPSA) is 51.4 Å². The number of hydrogen-bond donors (Lipinski definition) is 1. The second kappa shape index (κ2) is 4.82. The molecule has 1 aliphatic carbocycles. The molecule has 1 aromatic heterocycles. The van der Waals surface area contributed by atoms with E-state index in [9.17, 15) is 0 Å². The first-order valence-electron chi connectivity index (χ1n) is 6.40. The van der Waals surface area contributed by atoms with Gasteiger partial charge in [-0.1, -0.05) is 12.2 Å². The average Bonchev–Trinajstić information content (AvgIpc) is 2.87. The van der Waals surface area contributed by atoms with Gasteiger partial charge in [-0.05, 0) is 31.4 Å². The van der Waals surface area contributed by atoms with Crippen LogP contribution in [0.1, 0.15) is 25.0 Å². The molecule has 1 saturated heterocycles. The molecule has 96 valence electrons. The number of aromatic nitrogens is 1. The van der Waals surface area contributed by atoms with E-state index >= 15 is 0 Å². The lowest BCUT2D eigenvalue weighted by Crippen LogP contribution is -2.48. The highest BCUT2D eigenvalue weighted by molar-refractivity contribution is 7.80. The monoisotopic (exact) mass is 263 g/mol. The first-order chi connectivity index (χ1) is 8.75. The second-order valence-electron chi connectivity index (χ2n) is 4.87. The molecule has 0 spiro atoms. The zero-order valence-corrected chi connectivity index (χ0v) is 11.0. The van der Waals surface area contributed by atoms with Gasteiger partial charge < -0.3 is 15.4 Å². The van der Waals surface area contributed by atoms with Crippen LogP contribution in [0.3, 0.4) is 0 Å². The maximum absolute atomic E-state index is 5.81. The largest absolute Gasteiger partial charge is 0.388 e. The van der Waals surface area contributed by atoms with Crippen LogP contribution in [-0.4, -0.2) is 35.3 Å². The maximum atomic E-state index is 5.81. The first kappa shape index (κ1) is 11.9. The number of nitrogens with two attached hydrogens (primary N) is 1. The number of rotatable bonds is 2. The number of anilines is 1. The number of nitrogens with zero attached hydrogens (tertiary/aromatic N) is 2. The lowest BCUT2D eigenvalue weighted by Gasteiger charge is -2.39. The van der Waals surface area contributed by atoms with E-state index in [0.717, 1.165) is 18.8 Å². The van der Waals surface area contributed by atoms with Crippen LogP contribution in [0.2, 0.25) is 0 Å². The van der Waals surface area contributed by atoms with Gasteiger partial charge in [-0.2, -0.15) is 0 Å². The highest BCUT2D eigenvalue weighted by Crippen LogP contribution is 2.32. The summed E-state index contributed by atoms with van der Waals surface area (Å²) in [5.41, 5.74) is 7.40. The Morgan fingerprint density at radius 1 is 1.44 bits per heavy atom. The van der Waals surface area contributed by atoms with Crippen LogP contribution < -0.4 is 10.6 Å². The molecule has 3 rings (SSSR count). The number of hydrogen-bond acceptors (Lipinski definition) is 4. The minimum Gasteiger partial charge on any atom is -0.388 e. The third kappa shape index (κ3) is 2.08. The van der Waals surface area contributed by atoms with E-state index in [1.165, 1.54) is 19.3 Å². The summed E-state index contributed by atoms with van der Waals surface area (Å²) in [6, 6.07) is 4.47. The zero-order valence-electron chi connectivity index (χ0n) is 10.2. The summed E-state index contributed by atoms with van der Waals surface area (Å²) >= 11 is 4.92. The van der Waals surface area contributed by atoms with Gasteiger partial charge >= 0.3 is 0 Å². The van der Waals surface area contributed by atoms with E-state index in [1.54, 1.807) is 0 Å². The van der Waals surface area contributed by atoms with Crippen molar-refractivity contribution in [2.45, 2.75) is 31.4 Å². The van der Waals surface area contributed by atoms with Crippen LogP contribution in [0.15, 0.2) is 18.3 Å². The highest BCUT2D eigenvalue weighted by Gasteiger charge is 2.36. The predicted octanol–water partition coefficient (Wildman–Crippen LogP) is 1.47. The van der Waals surface area contributed by atoms with Gasteiger partial charge in [0, 0.05) is 6.54 Å². The Labute approximate surface area is 112 Å². The van der Waals surface area contributed by atoms with Crippen molar-refractivity contribution in [1.29, 1.82) is 0 Å². The Balaban J connectivity index is 1.82. The standard InChI is InChI=1S/C13H17N3OS/c14-13(18)10-5-4-9(8-15-10)16-6-7-17-12-3-1-2-11(12)16/h4-5,8,11-12H,1-3,6-7H2,(H2,14,18). The van der Waals surface area contributed by atoms with Gasteiger partial charge in [0.1, 0.15) is 4.99 Å². The van der Waals surface area contributed by atoms with Crippen molar-refractivity contribution in [3.8, 4) is 0 Å². The van der Waals surface area contributed by atoms with Crippen molar-refractivity contribution in [3.63, 3.8) is 0 Å². The van der Waals surface area contributed by atoms with E-state index in [1.807, 2.05) is 12.3 Å². The molecule has 1 saturated carbocycles. The Morgan fingerprint density at radius 3 is 3.06 bits per heavy atom. The summed E-state index contributed by atoms with van der Waals surface area (Å²) in [5, 5.41) is 0. The van der Waals surface area contributed by atoms with Crippen LogP contribution in [0, 0.1) is 0 Å². The molecular formula is C13H17N3OS. The Bertz CT molecular complexity index is 448. The molecule has 2 unspecified atom stereocenters. The molecule has 0 bridgehead atoms. The molecule has 18 heavy (non-hydrogen) atoms. The molecule has 0 amide bonds. The molecule has 4 nitrogen and oxygen atoms in total. The van der Waals surface area contributed by atoms with Crippen molar-refractivity contribution in [2.75, 3.05) is 18.1 Å². The van der Waals surface area contributed by atoms with E-state index < -0.39 is 0 Å². The first-order valence-corrected chi connectivity index (χ1v) is 6.80. The summed E-state index contributed by atoms with van der Waals surface area (Å²) in [6.07, 6.45) is 5.91. The normalized spacial score (nSPS) is 27.0. The van der Waals surface area contributed by atoms with Gasteiger partial charge in [0.05, 0.1) is 36.3 Å². The van der Waals surface area contributed by atoms with Gasteiger partial charge in [0.25, 0.3) is 0 Å². The fraction of sp³-hybridized carbons (Fsp3) is 0.538. The smallest absolute Gasteiger partial charge is 0.122 e. The number of pyridine rings is 1. The van der Waals surface area contributed by atoms with Gasteiger partial charge in [0.2, 0.25) is 0 Å². The third-order valence-electron chi connectivity index (χ3n) is 3.81. The van der Waals surface area contributed by atoms with Crippen LogP contribution >= 0.6 is 12.2 Å². The van der Waals surface area contributed by atoms with Crippen molar-refractivity contribution in [1.82, 2.24) is 4.98 Å². The second-order valence-corrected chi connectivity index (χ2v) is 5.31. The van der Waals surface area contributed by atoms with Gasteiger partial charge in [-0.3, -0.25) is 4.98 Å². The summed E-state index contributed by atoms with van der Waals surface area (Å²) in [5.74, 6) is 0. The quantitative estimate of drug-likeness (QED) is 0.819. The molecule has 2 fully saturated rings. The summed E-state index contributed by atoms with van der Waals surface area (Å²) < 4.78 is 5.81. The summed E-state index contributed by atoms with van der Waals surface area (Å²) in [4.78, 5) is 7.08. The van der Waals surface area contributed by atoms with E-state index in [4.69, 9.17) is 22.7 Å². The lowest BCUT2D eigenvalue weighted by molar-refractivity contribution is 0.0256. The summed E-state index contributed by atoms with van der Waals surface area (Å²) in [6.45, 7) is 1.74. The molecule has 1 aromatic rings. The third-order valence-corrected chi connectivity index (χ3v) is 4.02. The van der Waals surface area contributed by atoms with Crippen LogP contribution in [0.25, 0.3) is 0 Å². The molecule has 2 aliphatic rings. The molecular weight excluding hydrogens is 246 g/mol. The van der Waals surface area contributed by atoms with E-state index in [-0.39, 0.29) is 0 Å². The average molecular weight is 263 g/mol. The number of thiocarbonyl (C=S) groups is 1. The zero-order chi connectivity index (χ0) is 12.5. The van der Waals surface area contributed by atoms with Gasteiger partial charge in [-0.25, -0.2) is 0 Å². The van der Waals surface area contributed by atoms with Crippen molar-refractivity contribution in [3.05, 3.63) is 24.0 Å². The molecule has 2 atom stereocenters. The van der Waals surface area contributed by atoms with Gasteiger partial charge in [-0.15, -0.1) is 0 Å². The van der Waals surface area contributed by atoms with Crippen molar-refractivity contribution < 1.29 is 4.74 Å². The minimum atomic E-state index is 0.349. The predicted molar refractivity (Wildman–Crippen MR) is 74.8 cm³/mol. The number of morpholine rings is 1. The molecule has 0 radical (unpaired) electrons. The SMILES string of the molecule is NC(=S)c1ccc(N2CCOC3CCCC32)cn1. The molecule has 2 N–H and O–H groups in total. The van der Waals surface area contributed by atoms with E-state index in [2.05, 4.69) is 16.0 Å². The maximum Gasteiger partial charge on any atom is 0.122 e. The number of ether oxygens (including phenoxy) is 1. The fourth-order valence-electron chi connectivity index (χ4n) is 2.95. The van der Waals surface area contributed by atoms with Crippen molar-refractivity contribution in [2.24, 2.45) is 5.73 Å². The van der Waals surface area contributed by atoms with E-state index in [0.29, 0.717) is 22.8 Å². The Kier molecular flexibility index (Phi) is 3.18. The Morgan fingerprint density at radius 2 is 2.33 bits per heavy atom. The number of fused-ring (bicyclic) bond motifs is 1. The molecule has 2 heterocycles. The van der Waals surface area contributed by atoms with Crippen LogP contribution in [0.5, 0.6) is 0 Å². The van der Waals surface area contributed by atoms with Crippen LogP contribution in [-0.2, 0) is 4.74 Å². The molecule has 1 aliphatic heterocycles. The lowest BCUT2D eigenvalue weighted by atomic mass is 10.1. The van der Waals surface area contributed by atoms with Crippen molar-refractivity contribution >= 4 is 22.9 Å². The summed E-state index contributed by atoms with van der Waals surface area (Å²) in [7, 11) is 0. The van der Waals surface area contributed by atoms with Gasteiger partial charge in [0.15, 0.2) is 0 Å². The Hall–Kier alpha value is -1.20. The minimum absolute atomic E-state index is 0.349. The molecule has 5 heteroatoms. The van der Waals surface area contributed by atoms with Crippen LogP contribution in [0.4, 0.5) is 5.69 Å². The fourth-order valence-corrected chi connectivity index (χ4v) is 3.07. The molecule has 0 aromatic carbocycles. The highest BCUT2D eigenvalue weighted by atomic mass is 32.1.